The summed E-state index contributed by atoms with van der Waals surface area (Å²) in [5.74, 6) is -0.266. The lowest BCUT2D eigenvalue weighted by Gasteiger charge is -2.14. The SMILES string of the molecule is Cc1ccc(C(C#N)c2cc(C)nc3ccccc23)cc1. The van der Waals surface area contributed by atoms with Gasteiger partial charge in [-0.15, -0.1) is 0 Å². The second-order valence-electron chi connectivity index (χ2n) is 5.34. The Balaban J connectivity index is 2.22. The number of rotatable bonds is 2. The Morgan fingerprint density at radius 1 is 1.00 bits per heavy atom. The third-order valence-corrected chi connectivity index (χ3v) is 3.73. The summed E-state index contributed by atoms with van der Waals surface area (Å²) in [4.78, 5) is 4.55. The maximum absolute atomic E-state index is 9.68. The first-order chi connectivity index (χ1) is 10.2. The van der Waals surface area contributed by atoms with Gasteiger partial charge < -0.3 is 0 Å². The van der Waals surface area contributed by atoms with Gasteiger partial charge in [-0.25, -0.2) is 0 Å². The molecule has 0 spiro atoms. The molecule has 3 rings (SSSR count). The molecule has 0 aliphatic carbocycles. The third kappa shape index (κ3) is 2.51. The van der Waals surface area contributed by atoms with Gasteiger partial charge in [-0.2, -0.15) is 5.26 Å². The highest BCUT2D eigenvalue weighted by Crippen LogP contribution is 2.30. The van der Waals surface area contributed by atoms with Crippen LogP contribution in [0.2, 0.25) is 0 Å². The van der Waals surface area contributed by atoms with Crippen molar-refractivity contribution in [1.29, 1.82) is 5.26 Å². The van der Waals surface area contributed by atoms with Crippen molar-refractivity contribution in [2.24, 2.45) is 0 Å². The van der Waals surface area contributed by atoms with Crippen LogP contribution in [0.15, 0.2) is 54.6 Å². The first-order valence-electron chi connectivity index (χ1n) is 7.01. The first kappa shape index (κ1) is 13.3. The van der Waals surface area contributed by atoms with Crippen LogP contribution >= 0.6 is 0 Å². The number of hydrogen-bond donors (Lipinski definition) is 0. The molecule has 0 bridgehead atoms. The van der Waals surface area contributed by atoms with Crippen LogP contribution in [0, 0.1) is 25.2 Å². The van der Waals surface area contributed by atoms with Crippen molar-refractivity contribution in [3.8, 4) is 6.07 Å². The Labute approximate surface area is 124 Å². The quantitative estimate of drug-likeness (QED) is 0.688. The number of aryl methyl sites for hydroxylation is 2. The van der Waals surface area contributed by atoms with Crippen LogP contribution in [-0.4, -0.2) is 4.98 Å². The molecule has 3 aromatic rings. The smallest absolute Gasteiger partial charge is 0.0969 e. The first-order valence-corrected chi connectivity index (χ1v) is 7.01. The van der Waals surface area contributed by atoms with Gasteiger partial charge in [-0.1, -0.05) is 48.0 Å². The molecule has 0 fully saturated rings. The maximum Gasteiger partial charge on any atom is 0.0969 e. The number of para-hydroxylation sites is 1. The molecule has 0 saturated carbocycles. The van der Waals surface area contributed by atoms with Crippen molar-refractivity contribution in [2.45, 2.75) is 19.8 Å². The Hall–Kier alpha value is -2.66. The number of nitriles is 1. The minimum atomic E-state index is -0.266. The number of hydrogen-bond acceptors (Lipinski definition) is 2. The summed E-state index contributed by atoms with van der Waals surface area (Å²) in [6.45, 7) is 4.02. The van der Waals surface area contributed by atoms with Crippen molar-refractivity contribution in [1.82, 2.24) is 4.98 Å². The highest BCUT2D eigenvalue weighted by molar-refractivity contribution is 5.83. The number of aromatic nitrogens is 1. The van der Waals surface area contributed by atoms with Gasteiger partial charge in [0.05, 0.1) is 17.5 Å². The zero-order chi connectivity index (χ0) is 14.8. The minimum Gasteiger partial charge on any atom is -0.253 e. The number of nitrogens with zero attached hydrogens (tertiary/aromatic N) is 2. The van der Waals surface area contributed by atoms with E-state index in [0.717, 1.165) is 27.7 Å². The Morgan fingerprint density at radius 2 is 1.71 bits per heavy atom. The lowest BCUT2D eigenvalue weighted by Crippen LogP contribution is -2.01. The highest BCUT2D eigenvalue weighted by atomic mass is 14.7. The van der Waals surface area contributed by atoms with Crippen LogP contribution in [0.1, 0.15) is 28.3 Å². The van der Waals surface area contributed by atoms with Crippen molar-refractivity contribution >= 4 is 10.9 Å². The number of pyridine rings is 1. The summed E-state index contributed by atoms with van der Waals surface area (Å²) in [5, 5.41) is 10.7. The summed E-state index contributed by atoms with van der Waals surface area (Å²) in [6.07, 6.45) is 0. The van der Waals surface area contributed by atoms with E-state index in [2.05, 4.69) is 30.1 Å². The van der Waals surface area contributed by atoms with Gasteiger partial charge in [0, 0.05) is 11.1 Å². The minimum absolute atomic E-state index is 0.266. The van der Waals surface area contributed by atoms with Crippen LogP contribution in [-0.2, 0) is 0 Å². The van der Waals surface area contributed by atoms with E-state index in [1.807, 2.05) is 49.4 Å². The van der Waals surface area contributed by atoms with Crippen molar-refractivity contribution in [3.05, 3.63) is 77.0 Å². The second-order valence-corrected chi connectivity index (χ2v) is 5.34. The molecule has 0 saturated heterocycles. The lowest BCUT2D eigenvalue weighted by molar-refractivity contribution is 1.04. The Kier molecular flexibility index (Phi) is 3.41. The molecule has 2 heteroatoms. The molecule has 1 heterocycles. The van der Waals surface area contributed by atoms with Crippen molar-refractivity contribution < 1.29 is 0 Å². The molecule has 21 heavy (non-hydrogen) atoms. The molecule has 1 atom stereocenters. The fraction of sp³-hybridized carbons (Fsp3) is 0.158. The number of benzene rings is 2. The van der Waals surface area contributed by atoms with Crippen LogP contribution < -0.4 is 0 Å². The average molecular weight is 272 g/mol. The van der Waals surface area contributed by atoms with Crippen molar-refractivity contribution in [2.75, 3.05) is 0 Å². The molecule has 2 aromatic carbocycles. The molecular formula is C19H16N2. The monoisotopic (exact) mass is 272 g/mol. The van der Waals surface area contributed by atoms with E-state index >= 15 is 0 Å². The fourth-order valence-electron chi connectivity index (χ4n) is 2.66. The van der Waals surface area contributed by atoms with E-state index in [1.54, 1.807) is 0 Å². The Bertz CT molecular complexity index is 826. The molecule has 0 N–H and O–H groups in total. The van der Waals surface area contributed by atoms with Gasteiger partial charge in [0.2, 0.25) is 0 Å². The van der Waals surface area contributed by atoms with Crippen LogP contribution in [0.25, 0.3) is 10.9 Å². The summed E-state index contributed by atoms with van der Waals surface area (Å²) < 4.78 is 0. The highest BCUT2D eigenvalue weighted by Gasteiger charge is 2.17. The van der Waals surface area contributed by atoms with E-state index in [9.17, 15) is 5.26 Å². The van der Waals surface area contributed by atoms with Gasteiger partial charge in [-0.3, -0.25) is 4.98 Å². The standard InChI is InChI=1S/C19H16N2/c1-13-7-9-15(10-8-13)18(12-20)17-11-14(2)21-19-6-4-3-5-16(17)19/h3-11,18H,1-2H3. The lowest BCUT2D eigenvalue weighted by atomic mass is 9.89. The molecule has 1 unspecified atom stereocenters. The fourth-order valence-corrected chi connectivity index (χ4v) is 2.66. The molecular weight excluding hydrogens is 256 g/mol. The molecule has 0 aliphatic heterocycles. The normalized spacial score (nSPS) is 12.0. The Morgan fingerprint density at radius 3 is 2.43 bits per heavy atom. The molecule has 0 radical (unpaired) electrons. The molecule has 0 amide bonds. The molecule has 1 aromatic heterocycles. The summed E-state index contributed by atoms with van der Waals surface area (Å²) >= 11 is 0. The van der Waals surface area contributed by atoms with Gasteiger partial charge >= 0.3 is 0 Å². The van der Waals surface area contributed by atoms with E-state index in [0.29, 0.717) is 0 Å². The third-order valence-electron chi connectivity index (χ3n) is 3.73. The summed E-state index contributed by atoms with van der Waals surface area (Å²) in [6, 6.07) is 20.6. The average Bonchev–Trinajstić information content (AvgIpc) is 2.49. The second kappa shape index (κ2) is 5.38. The van der Waals surface area contributed by atoms with E-state index in [4.69, 9.17) is 0 Å². The van der Waals surface area contributed by atoms with Gasteiger partial charge in [-0.05, 0) is 37.1 Å². The van der Waals surface area contributed by atoms with E-state index < -0.39 is 0 Å². The number of fused-ring (bicyclic) bond motifs is 1. The van der Waals surface area contributed by atoms with Gasteiger partial charge in [0.25, 0.3) is 0 Å². The van der Waals surface area contributed by atoms with Crippen LogP contribution in [0.3, 0.4) is 0 Å². The topological polar surface area (TPSA) is 36.7 Å². The van der Waals surface area contributed by atoms with Crippen molar-refractivity contribution in [3.63, 3.8) is 0 Å². The summed E-state index contributed by atoms with van der Waals surface area (Å²) in [5.41, 5.74) is 5.14. The molecule has 2 nitrogen and oxygen atoms in total. The zero-order valence-electron chi connectivity index (χ0n) is 12.2. The van der Waals surface area contributed by atoms with Crippen LogP contribution in [0.5, 0.6) is 0 Å². The van der Waals surface area contributed by atoms with E-state index in [1.165, 1.54) is 5.56 Å². The van der Waals surface area contributed by atoms with Gasteiger partial charge in [0.15, 0.2) is 0 Å². The molecule has 0 aliphatic rings. The predicted octanol–water partition coefficient (Wildman–Crippen LogP) is 4.51. The van der Waals surface area contributed by atoms with Crippen LogP contribution in [0.4, 0.5) is 0 Å². The zero-order valence-corrected chi connectivity index (χ0v) is 12.2. The van der Waals surface area contributed by atoms with E-state index in [-0.39, 0.29) is 5.92 Å². The van der Waals surface area contributed by atoms with Gasteiger partial charge in [0.1, 0.15) is 0 Å². The largest absolute Gasteiger partial charge is 0.253 e. The molecule has 102 valence electrons. The predicted molar refractivity (Wildman–Crippen MR) is 85.1 cm³/mol. The summed E-state index contributed by atoms with van der Waals surface area (Å²) in [7, 11) is 0. The maximum atomic E-state index is 9.68.